The summed E-state index contributed by atoms with van der Waals surface area (Å²) >= 11 is 3.38. The number of fused-ring (bicyclic) bond motifs is 1. The van der Waals surface area contributed by atoms with Crippen LogP contribution in [0.4, 0.5) is 0 Å². The molecule has 0 bridgehead atoms. The molecular weight excluding hydrogens is 372 g/mol. The number of para-hydroxylation sites is 1. The molecule has 2 aromatic carbocycles. The van der Waals surface area contributed by atoms with E-state index in [1.165, 1.54) is 0 Å². The Balaban J connectivity index is 1.81. The van der Waals surface area contributed by atoms with E-state index in [0.29, 0.717) is 18.8 Å². The number of benzene rings is 2. The first-order valence-electron chi connectivity index (χ1n) is 7.68. The minimum Gasteiger partial charge on any atom is -0.455 e. The van der Waals surface area contributed by atoms with E-state index >= 15 is 0 Å². The molecule has 1 heterocycles. The highest BCUT2D eigenvalue weighted by Gasteiger charge is 2.21. The van der Waals surface area contributed by atoms with E-state index in [4.69, 9.17) is 13.9 Å². The zero-order valence-electron chi connectivity index (χ0n) is 13.3. The molecule has 24 heavy (non-hydrogen) atoms. The van der Waals surface area contributed by atoms with Gasteiger partial charge in [-0.25, -0.2) is 4.79 Å². The fourth-order valence-corrected chi connectivity index (χ4v) is 2.67. The molecule has 0 N–H and O–H groups in total. The highest BCUT2D eigenvalue weighted by Crippen LogP contribution is 2.27. The molecule has 0 saturated carbocycles. The van der Waals surface area contributed by atoms with Gasteiger partial charge in [0.1, 0.15) is 12.2 Å². The molecule has 0 amide bonds. The van der Waals surface area contributed by atoms with E-state index in [0.717, 1.165) is 21.0 Å². The number of hydrogen-bond donors (Lipinski definition) is 0. The van der Waals surface area contributed by atoms with E-state index in [1.807, 2.05) is 55.5 Å². The molecule has 0 unspecified atom stereocenters. The lowest BCUT2D eigenvalue weighted by molar-refractivity contribution is 0.0430. The molecule has 5 heteroatoms. The molecular formula is C19H17BrO4. The Morgan fingerprint density at radius 3 is 2.58 bits per heavy atom. The summed E-state index contributed by atoms with van der Waals surface area (Å²) in [7, 11) is 0. The molecule has 1 aromatic heterocycles. The van der Waals surface area contributed by atoms with E-state index in [-0.39, 0.29) is 12.4 Å². The zero-order chi connectivity index (χ0) is 16.9. The first-order valence-corrected chi connectivity index (χ1v) is 8.48. The highest BCUT2D eigenvalue weighted by molar-refractivity contribution is 9.10. The molecule has 0 saturated heterocycles. The molecule has 0 aliphatic heterocycles. The summed E-state index contributed by atoms with van der Waals surface area (Å²) in [6.07, 6.45) is 0. The van der Waals surface area contributed by atoms with Crippen molar-refractivity contribution in [1.82, 2.24) is 0 Å². The van der Waals surface area contributed by atoms with Gasteiger partial charge in [-0.2, -0.15) is 0 Å². The molecule has 3 aromatic rings. The predicted octanol–water partition coefficient (Wildman–Crippen LogP) is 5.09. The van der Waals surface area contributed by atoms with Gasteiger partial charge in [-0.3, -0.25) is 0 Å². The summed E-state index contributed by atoms with van der Waals surface area (Å²) in [5.74, 6) is -0.273. The van der Waals surface area contributed by atoms with E-state index in [9.17, 15) is 4.79 Å². The third-order valence-electron chi connectivity index (χ3n) is 3.62. The number of carbonyl (C=O) groups excluding carboxylic acids is 1. The number of hydrogen-bond acceptors (Lipinski definition) is 4. The van der Waals surface area contributed by atoms with Crippen LogP contribution < -0.4 is 0 Å². The molecule has 3 rings (SSSR count). The van der Waals surface area contributed by atoms with Crippen LogP contribution in [0.2, 0.25) is 0 Å². The Morgan fingerprint density at radius 1 is 1.08 bits per heavy atom. The smallest absolute Gasteiger partial charge is 0.374 e. The Bertz CT molecular complexity index is 836. The van der Waals surface area contributed by atoms with Crippen molar-refractivity contribution >= 4 is 32.9 Å². The summed E-state index contributed by atoms with van der Waals surface area (Å²) < 4.78 is 17.6. The van der Waals surface area contributed by atoms with Gasteiger partial charge in [0.15, 0.2) is 0 Å². The first-order chi connectivity index (χ1) is 11.7. The topological polar surface area (TPSA) is 48.7 Å². The Kier molecular flexibility index (Phi) is 5.33. The third kappa shape index (κ3) is 3.68. The molecule has 0 aliphatic rings. The second-order valence-corrected chi connectivity index (χ2v) is 6.16. The van der Waals surface area contributed by atoms with Gasteiger partial charge in [-0.05, 0) is 30.7 Å². The van der Waals surface area contributed by atoms with Crippen molar-refractivity contribution < 1.29 is 18.7 Å². The normalized spacial score (nSPS) is 10.9. The highest BCUT2D eigenvalue weighted by atomic mass is 79.9. The molecule has 4 nitrogen and oxygen atoms in total. The van der Waals surface area contributed by atoms with Crippen LogP contribution in [0.5, 0.6) is 0 Å². The quantitative estimate of drug-likeness (QED) is 0.551. The molecule has 0 radical (unpaired) electrons. The summed E-state index contributed by atoms with van der Waals surface area (Å²) in [4.78, 5) is 12.5. The maximum Gasteiger partial charge on any atom is 0.374 e. The van der Waals surface area contributed by atoms with Crippen molar-refractivity contribution in [2.45, 2.75) is 20.1 Å². The standard InChI is InChI=1S/C19H17BrO4/c1-2-22-12-16-15-5-3-4-6-17(15)24-18(16)19(21)23-11-13-7-9-14(20)10-8-13/h3-10H,2,11-12H2,1H3. The predicted molar refractivity (Wildman–Crippen MR) is 94.8 cm³/mol. The largest absolute Gasteiger partial charge is 0.455 e. The van der Waals surface area contributed by atoms with Crippen molar-refractivity contribution in [2.75, 3.05) is 6.61 Å². The lowest BCUT2D eigenvalue weighted by Crippen LogP contribution is -2.07. The molecule has 0 aliphatic carbocycles. The van der Waals surface area contributed by atoms with Gasteiger partial charge in [0.05, 0.1) is 6.61 Å². The lowest BCUT2D eigenvalue weighted by atomic mass is 10.1. The fraction of sp³-hybridized carbons (Fsp3) is 0.211. The number of rotatable bonds is 6. The van der Waals surface area contributed by atoms with Gasteiger partial charge >= 0.3 is 5.97 Å². The van der Waals surface area contributed by atoms with Crippen molar-refractivity contribution in [3.63, 3.8) is 0 Å². The van der Waals surface area contributed by atoms with Crippen LogP contribution in [0.1, 0.15) is 28.6 Å². The average Bonchev–Trinajstić information content (AvgIpc) is 2.98. The number of furan rings is 1. The molecule has 0 atom stereocenters. The van der Waals surface area contributed by atoms with Gasteiger partial charge in [0.2, 0.25) is 5.76 Å². The Hall–Kier alpha value is -2.11. The Labute approximate surface area is 148 Å². The lowest BCUT2D eigenvalue weighted by Gasteiger charge is -2.06. The number of esters is 1. The van der Waals surface area contributed by atoms with Crippen molar-refractivity contribution in [3.05, 3.63) is 69.9 Å². The van der Waals surface area contributed by atoms with Crippen LogP contribution in [0.25, 0.3) is 11.0 Å². The summed E-state index contributed by atoms with van der Waals surface area (Å²) in [6.45, 7) is 2.98. The van der Waals surface area contributed by atoms with Crippen LogP contribution in [0, 0.1) is 0 Å². The fourth-order valence-electron chi connectivity index (χ4n) is 2.41. The van der Waals surface area contributed by atoms with Crippen LogP contribution in [0.3, 0.4) is 0 Å². The summed E-state index contributed by atoms with van der Waals surface area (Å²) in [6, 6.07) is 15.1. The first kappa shape index (κ1) is 16.7. The van der Waals surface area contributed by atoms with Crippen molar-refractivity contribution in [3.8, 4) is 0 Å². The van der Waals surface area contributed by atoms with Gasteiger partial charge in [-0.1, -0.05) is 46.3 Å². The second kappa shape index (κ2) is 7.64. The zero-order valence-corrected chi connectivity index (χ0v) is 14.8. The maximum absolute atomic E-state index is 12.5. The number of halogens is 1. The maximum atomic E-state index is 12.5. The molecule has 0 spiro atoms. The van der Waals surface area contributed by atoms with Gasteiger partial charge < -0.3 is 13.9 Å². The summed E-state index contributed by atoms with van der Waals surface area (Å²) in [5.41, 5.74) is 2.30. The van der Waals surface area contributed by atoms with Gasteiger partial charge in [0.25, 0.3) is 0 Å². The van der Waals surface area contributed by atoms with Crippen LogP contribution in [0.15, 0.2) is 57.4 Å². The number of carbonyl (C=O) groups is 1. The van der Waals surface area contributed by atoms with Crippen molar-refractivity contribution in [2.24, 2.45) is 0 Å². The summed E-state index contributed by atoms with van der Waals surface area (Å²) in [5, 5.41) is 0.876. The molecule has 0 fully saturated rings. The average molecular weight is 389 g/mol. The second-order valence-electron chi connectivity index (χ2n) is 5.25. The number of ether oxygens (including phenoxy) is 2. The molecule has 124 valence electrons. The minimum atomic E-state index is -0.483. The SMILES string of the molecule is CCOCc1c(C(=O)OCc2ccc(Br)cc2)oc2ccccc12. The van der Waals surface area contributed by atoms with Gasteiger partial charge in [0, 0.05) is 22.0 Å². The van der Waals surface area contributed by atoms with E-state index < -0.39 is 5.97 Å². The van der Waals surface area contributed by atoms with Crippen LogP contribution in [-0.2, 0) is 22.7 Å². The van der Waals surface area contributed by atoms with E-state index in [1.54, 1.807) is 0 Å². The minimum absolute atomic E-state index is 0.192. The van der Waals surface area contributed by atoms with E-state index in [2.05, 4.69) is 15.9 Å². The van der Waals surface area contributed by atoms with Crippen molar-refractivity contribution in [1.29, 1.82) is 0 Å². The van der Waals surface area contributed by atoms with Crippen LogP contribution >= 0.6 is 15.9 Å². The van der Waals surface area contributed by atoms with Crippen LogP contribution in [-0.4, -0.2) is 12.6 Å². The third-order valence-corrected chi connectivity index (χ3v) is 4.15. The Morgan fingerprint density at radius 2 is 1.83 bits per heavy atom. The van der Waals surface area contributed by atoms with Gasteiger partial charge in [-0.15, -0.1) is 0 Å². The monoisotopic (exact) mass is 388 g/mol.